The summed E-state index contributed by atoms with van der Waals surface area (Å²) in [6.45, 7) is 5.39. The molecule has 1 amide bonds. The molecule has 0 saturated carbocycles. The van der Waals surface area contributed by atoms with E-state index in [1.807, 2.05) is 25.1 Å². The van der Waals surface area contributed by atoms with Crippen molar-refractivity contribution < 1.29 is 4.79 Å². The van der Waals surface area contributed by atoms with Gasteiger partial charge in [0.1, 0.15) is 0 Å². The van der Waals surface area contributed by atoms with Crippen LogP contribution in [0.3, 0.4) is 0 Å². The predicted molar refractivity (Wildman–Crippen MR) is 81.5 cm³/mol. The van der Waals surface area contributed by atoms with E-state index in [0.717, 1.165) is 39.3 Å². The quantitative estimate of drug-likeness (QED) is 0.810. The summed E-state index contributed by atoms with van der Waals surface area (Å²) in [5.74, 6) is 0.294. The molecule has 0 bridgehead atoms. The van der Waals surface area contributed by atoms with Gasteiger partial charge in [-0.2, -0.15) is 0 Å². The summed E-state index contributed by atoms with van der Waals surface area (Å²) in [5, 5.41) is 0. The number of nitrogens with zero attached hydrogens (tertiary/aromatic N) is 3. The molecular weight excluding hydrogens is 250 g/mol. The zero-order chi connectivity index (χ0) is 14.4. The van der Waals surface area contributed by atoms with Gasteiger partial charge in [0.15, 0.2) is 0 Å². The number of benzene rings is 1. The highest BCUT2D eigenvalue weighted by atomic mass is 16.2. The Morgan fingerprint density at radius 1 is 1.10 bits per heavy atom. The fourth-order valence-corrected chi connectivity index (χ4v) is 2.47. The van der Waals surface area contributed by atoms with E-state index in [4.69, 9.17) is 0 Å². The molecule has 1 aliphatic heterocycles. The third-order valence-corrected chi connectivity index (χ3v) is 3.75. The molecule has 1 aliphatic rings. The van der Waals surface area contributed by atoms with Crippen molar-refractivity contribution in [3.63, 3.8) is 0 Å². The van der Waals surface area contributed by atoms with Crippen LogP contribution in [-0.4, -0.2) is 67.4 Å². The van der Waals surface area contributed by atoms with Gasteiger partial charge in [-0.15, -0.1) is 0 Å². The Bertz CT molecular complexity index is 419. The average molecular weight is 275 g/mol. The average Bonchev–Trinajstić information content (AvgIpc) is 2.61. The van der Waals surface area contributed by atoms with Gasteiger partial charge < -0.3 is 9.80 Å². The van der Waals surface area contributed by atoms with E-state index in [1.54, 1.807) is 0 Å². The van der Waals surface area contributed by atoms with Gasteiger partial charge in [-0.25, -0.2) is 0 Å². The highest BCUT2D eigenvalue weighted by Crippen LogP contribution is 2.09. The lowest BCUT2D eigenvalue weighted by atomic mass is 10.2. The first-order chi connectivity index (χ1) is 9.65. The third kappa shape index (κ3) is 4.62. The summed E-state index contributed by atoms with van der Waals surface area (Å²) >= 11 is 0. The van der Waals surface area contributed by atoms with Gasteiger partial charge in [0.05, 0.1) is 0 Å². The lowest BCUT2D eigenvalue weighted by Gasteiger charge is -2.23. The zero-order valence-corrected chi connectivity index (χ0v) is 12.6. The van der Waals surface area contributed by atoms with Crippen molar-refractivity contribution in [2.24, 2.45) is 0 Å². The molecule has 4 nitrogen and oxygen atoms in total. The van der Waals surface area contributed by atoms with Crippen LogP contribution in [0.25, 0.3) is 0 Å². The minimum absolute atomic E-state index is 0.294. The zero-order valence-electron chi connectivity index (χ0n) is 12.6. The number of likely N-dealkylation sites (N-methyl/N-ethyl adjacent to an activating group) is 1. The molecule has 0 radical (unpaired) electrons. The molecular formula is C16H25N3O. The lowest BCUT2D eigenvalue weighted by Crippen LogP contribution is -2.37. The van der Waals surface area contributed by atoms with E-state index < -0.39 is 0 Å². The summed E-state index contributed by atoms with van der Waals surface area (Å²) < 4.78 is 0. The number of carbonyl (C=O) groups is 1. The monoisotopic (exact) mass is 275 g/mol. The Morgan fingerprint density at radius 3 is 2.55 bits per heavy atom. The molecule has 0 unspecified atom stereocenters. The standard InChI is InChI=1S/C16H25N3O/c1-17(2)10-12-19-13-11-18(9-8-16(19)20)14-15-6-4-3-5-7-15/h3-7H,8-14H2,1-2H3. The fourth-order valence-electron chi connectivity index (χ4n) is 2.47. The van der Waals surface area contributed by atoms with Crippen LogP contribution in [0.15, 0.2) is 30.3 Å². The molecule has 110 valence electrons. The Hall–Kier alpha value is -1.39. The molecule has 0 aliphatic carbocycles. The molecule has 20 heavy (non-hydrogen) atoms. The van der Waals surface area contributed by atoms with Gasteiger partial charge in [0.2, 0.25) is 5.91 Å². The highest BCUT2D eigenvalue weighted by Gasteiger charge is 2.20. The largest absolute Gasteiger partial charge is 0.340 e. The minimum Gasteiger partial charge on any atom is -0.340 e. The molecule has 0 atom stereocenters. The van der Waals surface area contributed by atoms with Gasteiger partial charge >= 0.3 is 0 Å². The molecule has 4 heteroatoms. The number of rotatable bonds is 5. The molecule has 1 aromatic rings. The van der Waals surface area contributed by atoms with Crippen molar-refractivity contribution >= 4 is 5.91 Å². The van der Waals surface area contributed by atoms with Crippen molar-refractivity contribution in [3.05, 3.63) is 35.9 Å². The Balaban J connectivity index is 1.86. The summed E-state index contributed by atoms with van der Waals surface area (Å²) in [7, 11) is 4.09. The summed E-state index contributed by atoms with van der Waals surface area (Å²) in [6, 6.07) is 10.5. The third-order valence-electron chi connectivity index (χ3n) is 3.75. The summed E-state index contributed by atoms with van der Waals surface area (Å²) in [6.07, 6.45) is 0.639. The molecule has 0 N–H and O–H groups in total. The molecule has 1 heterocycles. The van der Waals surface area contributed by atoms with Crippen LogP contribution >= 0.6 is 0 Å². The van der Waals surface area contributed by atoms with Crippen LogP contribution < -0.4 is 0 Å². The molecule has 2 rings (SSSR count). The van der Waals surface area contributed by atoms with E-state index >= 15 is 0 Å². The number of hydrogen-bond donors (Lipinski definition) is 0. The van der Waals surface area contributed by atoms with Crippen molar-refractivity contribution in [2.75, 3.05) is 46.8 Å². The van der Waals surface area contributed by atoms with E-state index in [-0.39, 0.29) is 0 Å². The van der Waals surface area contributed by atoms with Crippen molar-refractivity contribution in [1.82, 2.24) is 14.7 Å². The maximum Gasteiger partial charge on any atom is 0.223 e. The maximum absolute atomic E-state index is 12.1. The topological polar surface area (TPSA) is 26.8 Å². The SMILES string of the molecule is CN(C)CCN1CCN(Cc2ccccc2)CCC1=O. The summed E-state index contributed by atoms with van der Waals surface area (Å²) in [5.41, 5.74) is 1.32. The second kappa shape index (κ2) is 7.41. The fraction of sp³-hybridized carbons (Fsp3) is 0.562. The first kappa shape index (κ1) is 15.0. The second-order valence-electron chi connectivity index (χ2n) is 5.70. The van der Waals surface area contributed by atoms with E-state index in [1.165, 1.54) is 5.56 Å². The Labute approximate surface area is 122 Å². The summed E-state index contributed by atoms with van der Waals surface area (Å²) in [4.78, 5) is 18.6. The number of amides is 1. The van der Waals surface area contributed by atoms with E-state index in [9.17, 15) is 4.79 Å². The first-order valence-electron chi connectivity index (χ1n) is 7.34. The van der Waals surface area contributed by atoms with Crippen LogP contribution in [0.2, 0.25) is 0 Å². The number of carbonyl (C=O) groups excluding carboxylic acids is 1. The normalized spacial score (nSPS) is 17.6. The van der Waals surface area contributed by atoms with Crippen molar-refractivity contribution in [1.29, 1.82) is 0 Å². The van der Waals surface area contributed by atoms with E-state index in [0.29, 0.717) is 12.3 Å². The van der Waals surface area contributed by atoms with Gasteiger partial charge in [-0.1, -0.05) is 30.3 Å². The molecule has 0 spiro atoms. The van der Waals surface area contributed by atoms with Crippen LogP contribution in [0.4, 0.5) is 0 Å². The van der Waals surface area contributed by atoms with Gasteiger partial charge in [0.25, 0.3) is 0 Å². The molecule has 1 aromatic carbocycles. The molecule has 1 saturated heterocycles. The predicted octanol–water partition coefficient (Wildman–Crippen LogP) is 1.28. The van der Waals surface area contributed by atoms with Crippen molar-refractivity contribution in [3.8, 4) is 0 Å². The number of hydrogen-bond acceptors (Lipinski definition) is 3. The molecule has 1 fully saturated rings. The Morgan fingerprint density at radius 2 is 1.85 bits per heavy atom. The lowest BCUT2D eigenvalue weighted by molar-refractivity contribution is -0.130. The van der Waals surface area contributed by atoms with Gasteiger partial charge in [0, 0.05) is 45.7 Å². The molecule has 0 aromatic heterocycles. The van der Waals surface area contributed by atoms with Crippen LogP contribution in [0.5, 0.6) is 0 Å². The minimum atomic E-state index is 0.294. The van der Waals surface area contributed by atoms with Crippen LogP contribution in [0.1, 0.15) is 12.0 Å². The van der Waals surface area contributed by atoms with E-state index in [2.05, 4.69) is 34.1 Å². The smallest absolute Gasteiger partial charge is 0.223 e. The Kier molecular flexibility index (Phi) is 5.56. The maximum atomic E-state index is 12.1. The van der Waals surface area contributed by atoms with Crippen LogP contribution in [-0.2, 0) is 11.3 Å². The van der Waals surface area contributed by atoms with Gasteiger partial charge in [-0.05, 0) is 19.7 Å². The highest BCUT2D eigenvalue weighted by molar-refractivity contribution is 5.76. The van der Waals surface area contributed by atoms with Crippen LogP contribution in [0, 0.1) is 0 Å². The van der Waals surface area contributed by atoms with Gasteiger partial charge in [-0.3, -0.25) is 9.69 Å². The first-order valence-corrected chi connectivity index (χ1v) is 7.34. The van der Waals surface area contributed by atoms with Crippen molar-refractivity contribution in [2.45, 2.75) is 13.0 Å². The second-order valence-corrected chi connectivity index (χ2v) is 5.70.